The van der Waals surface area contributed by atoms with Crippen molar-refractivity contribution in [3.8, 4) is 0 Å². The molecule has 1 N–H and O–H groups in total. The summed E-state index contributed by atoms with van der Waals surface area (Å²) in [6.45, 7) is 1.16. The lowest BCUT2D eigenvalue weighted by molar-refractivity contribution is 0.0479. The number of carboxylic acids is 1. The summed E-state index contributed by atoms with van der Waals surface area (Å²) in [4.78, 5) is 25.2. The van der Waals surface area contributed by atoms with Gasteiger partial charge in [0.05, 0.1) is 6.10 Å². The van der Waals surface area contributed by atoms with Crippen molar-refractivity contribution in [3.05, 3.63) is 59.3 Å². The number of benzene rings is 1. The number of hydrogen-bond donors (Lipinski definition) is 1. The van der Waals surface area contributed by atoms with E-state index in [2.05, 4.69) is 0 Å². The Morgan fingerprint density at radius 2 is 2.04 bits per heavy atom. The summed E-state index contributed by atoms with van der Waals surface area (Å²) in [6.07, 6.45) is 1.67. The summed E-state index contributed by atoms with van der Waals surface area (Å²) in [6, 6.07) is 8.57. The summed E-state index contributed by atoms with van der Waals surface area (Å²) in [7, 11) is 0. The molecule has 0 saturated carbocycles. The van der Waals surface area contributed by atoms with Crippen LogP contribution in [-0.4, -0.2) is 41.1 Å². The maximum atomic E-state index is 13.4. The number of furan rings is 1. The van der Waals surface area contributed by atoms with Crippen LogP contribution in [0.5, 0.6) is 0 Å². The third-order valence-corrected chi connectivity index (χ3v) is 4.03. The highest BCUT2D eigenvalue weighted by molar-refractivity contribution is 5.93. The van der Waals surface area contributed by atoms with Gasteiger partial charge in [0, 0.05) is 19.7 Å². The molecule has 0 unspecified atom stereocenters. The highest BCUT2D eigenvalue weighted by Crippen LogP contribution is 2.19. The van der Waals surface area contributed by atoms with Gasteiger partial charge in [-0.05, 0) is 42.7 Å². The molecule has 6 nitrogen and oxygen atoms in total. The van der Waals surface area contributed by atoms with E-state index in [0.717, 1.165) is 12.8 Å². The number of hydrogen-bond acceptors (Lipinski definition) is 4. The molecular weight excluding hydrogens is 329 g/mol. The van der Waals surface area contributed by atoms with Gasteiger partial charge in [-0.2, -0.15) is 0 Å². The largest absolute Gasteiger partial charge is 0.475 e. The van der Waals surface area contributed by atoms with E-state index in [-0.39, 0.29) is 30.0 Å². The van der Waals surface area contributed by atoms with Gasteiger partial charge in [0.2, 0.25) is 5.76 Å². The van der Waals surface area contributed by atoms with E-state index in [9.17, 15) is 14.0 Å². The number of carbonyl (C=O) groups is 2. The highest BCUT2D eigenvalue weighted by Gasteiger charge is 2.26. The summed E-state index contributed by atoms with van der Waals surface area (Å²) in [5, 5.41) is 8.93. The fraction of sp³-hybridized carbons (Fsp3) is 0.333. The summed E-state index contributed by atoms with van der Waals surface area (Å²) >= 11 is 0. The third-order valence-electron chi connectivity index (χ3n) is 4.03. The predicted octanol–water partition coefficient (Wildman–Crippen LogP) is 2.94. The van der Waals surface area contributed by atoms with Crippen LogP contribution in [0.25, 0.3) is 0 Å². The number of rotatable bonds is 6. The lowest BCUT2D eigenvalue weighted by Crippen LogP contribution is -2.36. The summed E-state index contributed by atoms with van der Waals surface area (Å²) < 4.78 is 24.1. The average molecular weight is 347 g/mol. The molecular formula is C18H18FNO5. The molecule has 1 aromatic carbocycles. The van der Waals surface area contributed by atoms with Crippen LogP contribution in [0.2, 0.25) is 0 Å². The van der Waals surface area contributed by atoms with E-state index in [0.29, 0.717) is 18.7 Å². The second-order valence-corrected chi connectivity index (χ2v) is 5.92. The van der Waals surface area contributed by atoms with Crippen molar-refractivity contribution in [2.45, 2.75) is 25.5 Å². The van der Waals surface area contributed by atoms with Gasteiger partial charge in [-0.3, -0.25) is 4.79 Å². The first kappa shape index (κ1) is 17.2. The summed E-state index contributed by atoms with van der Waals surface area (Å²) in [5.74, 6) is -2.44. The van der Waals surface area contributed by atoms with Crippen molar-refractivity contribution >= 4 is 11.9 Å². The van der Waals surface area contributed by atoms with E-state index in [1.165, 1.54) is 29.2 Å². The molecule has 25 heavy (non-hydrogen) atoms. The van der Waals surface area contributed by atoms with E-state index >= 15 is 0 Å². The molecule has 0 bridgehead atoms. The van der Waals surface area contributed by atoms with E-state index in [1.807, 2.05) is 0 Å². The van der Waals surface area contributed by atoms with Crippen LogP contribution in [0, 0.1) is 5.82 Å². The Kier molecular flexibility index (Phi) is 5.14. The number of carbonyl (C=O) groups excluding carboxylic acids is 1. The Bertz CT molecular complexity index is 766. The molecule has 1 fully saturated rings. The molecule has 0 radical (unpaired) electrons. The Morgan fingerprint density at radius 1 is 1.24 bits per heavy atom. The molecule has 1 aliphatic rings. The number of amides is 1. The van der Waals surface area contributed by atoms with Gasteiger partial charge >= 0.3 is 5.97 Å². The van der Waals surface area contributed by atoms with Crippen molar-refractivity contribution in [1.29, 1.82) is 0 Å². The highest BCUT2D eigenvalue weighted by atomic mass is 19.1. The maximum absolute atomic E-state index is 13.4. The molecule has 3 rings (SSSR count). The van der Waals surface area contributed by atoms with Gasteiger partial charge in [-0.1, -0.05) is 12.1 Å². The minimum atomic E-state index is -1.24. The fourth-order valence-electron chi connectivity index (χ4n) is 2.83. The van der Waals surface area contributed by atoms with Crippen LogP contribution in [0.4, 0.5) is 4.39 Å². The normalized spacial score (nSPS) is 16.8. The van der Waals surface area contributed by atoms with Crippen molar-refractivity contribution in [2.24, 2.45) is 0 Å². The van der Waals surface area contributed by atoms with Crippen LogP contribution in [0.3, 0.4) is 0 Å². The van der Waals surface area contributed by atoms with Gasteiger partial charge in [-0.25, -0.2) is 9.18 Å². The molecule has 2 aromatic rings. The van der Waals surface area contributed by atoms with E-state index in [1.54, 1.807) is 12.1 Å². The average Bonchev–Trinajstić information content (AvgIpc) is 3.25. The monoisotopic (exact) mass is 347 g/mol. The lowest BCUT2D eigenvalue weighted by atomic mass is 10.1. The standard InChI is InChI=1S/C18H18FNO5/c19-13-4-1-3-12(9-13)10-20(11-14-5-2-8-24-14)17(21)15-6-7-16(25-15)18(22)23/h1,3-4,6-7,9,14H,2,5,8,10-11H2,(H,22,23)/t14-/m0/s1. The number of ether oxygens (including phenoxy) is 1. The molecule has 1 saturated heterocycles. The lowest BCUT2D eigenvalue weighted by Gasteiger charge is -2.24. The molecule has 1 aliphatic heterocycles. The molecule has 1 amide bonds. The van der Waals surface area contributed by atoms with Crippen LogP contribution >= 0.6 is 0 Å². The van der Waals surface area contributed by atoms with Crippen LogP contribution in [0.15, 0.2) is 40.8 Å². The number of aromatic carboxylic acids is 1. The number of nitrogens with zero attached hydrogens (tertiary/aromatic N) is 1. The summed E-state index contributed by atoms with van der Waals surface area (Å²) in [5.41, 5.74) is 0.636. The predicted molar refractivity (Wildman–Crippen MR) is 85.8 cm³/mol. The van der Waals surface area contributed by atoms with Crippen molar-refractivity contribution < 1.29 is 28.2 Å². The van der Waals surface area contributed by atoms with E-state index in [4.69, 9.17) is 14.3 Å². The second-order valence-electron chi connectivity index (χ2n) is 5.92. The van der Waals surface area contributed by atoms with Gasteiger partial charge in [0.15, 0.2) is 5.76 Å². The van der Waals surface area contributed by atoms with Gasteiger partial charge in [-0.15, -0.1) is 0 Å². The van der Waals surface area contributed by atoms with Crippen molar-refractivity contribution in [2.75, 3.05) is 13.2 Å². The Labute approximate surface area is 143 Å². The molecule has 2 heterocycles. The topological polar surface area (TPSA) is 80.0 Å². The first-order valence-corrected chi connectivity index (χ1v) is 8.01. The molecule has 7 heteroatoms. The molecule has 132 valence electrons. The van der Waals surface area contributed by atoms with Gasteiger partial charge in [0.25, 0.3) is 5.91 Å². The zero-order chi connectivity index (χ0) is 17.8. The molecule has 0 aliphatic carbocycles. The molecule has 1 atom stereocenters. The molecule has 0 spiro atoms. The first-order valence-electron chi connectivity index (χ1n) is 8.01. The van der Waals surface area contributed by atoms with Gasteiger partial charge in [0.1, 0.15) is 5.82 Å². The van der Waals surface area contributed by atoms with Crippen molar-refractivity contribution in [1.82, 2.24) is 4.90 Å². The molecule has 1 aromatic heterocycles. The third kappa shape index (κ3) is 4.24. The van der Waals surface area contributed by atoms with Crippen LogP contribution < -0.4 is 0 Å². The Balaban J connectivity index is 1.80. The quantitative estimate of drug-likeness (QED) is 0.869. The van der Waals surface area contributed by atoms with Crippen molar-refractivity contribution in [3.63, 3.8) is 0 Å². The fourth-order valence-corrected chi connectivity index (χ4v) is 2.83. The zero-order valence-corrected chi connectivity index (χ0v) is 13.5. The van der Waals surface area contributed by atoms with Crippen LogP contribution in [-0.2, 0) is 11.3 Å². The maximum Gasteiger partial charge on any atom is 0.371 e. The SMILES string of the molecule is O=C(O)c1ccc(C(=O)N(Cc2cccc(F)c2)C[C@@H]2CCCO2)o1. The Morgan fingerprint density at radius 3 is 2.68 bits per heavy atom. The Hall–Kier alpha value is -2.67. The first-order chi connectivity index (χ1) is 12.0. The number of carboxylic acid groups (broad SMARTS) is 1. The van der Waals surface area contributed by atoms with E-state index < -0.39 is 11.9 Å². The van der Waals surface area contributed by atoms with Gasteiger partial charge < -0.3 is 19.2 Å². The smallest absolute Gasteiger partial charge is 0.371 e. The van der Waals surface area contributed by atoms with Crippen LogP contribution in [0.1, 0.15) is 39.5 Å². The zero-order valence-electron chi connectivity index (χ0n) is 13.5. The minimum Gasteiger partial charge on any atom is -0.475 e. The second kappa shape index (κ2) is 7.48. The number of halogens is 1. The minimum absolute atomic E-state index is 0.0631.